The fourth-order valence-electron chi connectivity index (χ4n) is 2.61. The van der Waals surface area contributed by atoms with Crippen LogP contribution in [-0.2, 0) is 5.41 Å². The maximum absolute atomic E-state index is 5.74. The molecule has 3 rings (SSSR count). The van der Waals surface area contributed by atoms with Gasteiger partial charge in [-0.1, -0.05) is 19.9 Å². The lowest BCUT2D eigenvalue weighted by molar-refractivity contribution is 0.297. The number of thiophene rings is 1. The molecule has 6 heteroatoms. The predicted molar refractivity (Wildman–Crippen MR) is 104 cm³/mol. The Hall–Kier alpha value is -2.21. The number of benzene rings is 1. The summed E-state index contributed by atoms with van der Waals surface area (Å²) in [6.45, 7) is 6.62. The molecule has 25 heavy (non-hydrogen) atoms. The first kappa shape index (κ1) is 17.6. The van der Waals surface area contributed by atoms with Gasteiger partial charge in [-0.15, -0.1) is 11.3 Å². The fraction of sp³-hybridized carbons (Fsp3) is 0.421. The summed E-state index contributed by atoms with van der Waals surface area (Å²) in [5.41, 5.74) is 0.961. The molecule has 134 valence electrons. The standard InChI is InChI=1S/C19H25N3O2S/c1-19(2,17-6-4-11-25-17)13-21-18(20-3)22-14-7-8-15-16(12-14)24-10-5-9-23-15/h4,6-8,11-12H,5,9-10,13H2,1-3H3,(H2,20,21,22). The quantitative estimate of drug-likeness (QED) is 0.643. The second kappa shape index (κ2) is 7.78. The molecule has 5 nitrogen and oxygen atoms in total. The highest BCUT2D eigenvalue weighted by Crippen LogP contribution is 2.32. The zero-order chi connectivity index (χ0) is 17.7. The molecule has 0 bridgehead atoms. The Kier molecular flexibility index (Phi) is 5.48. The Morgan fingerprint density at radius 1 is 1.20 bits per heavy atom. The summed E-state index contributed by atoms with van der Waals surface area (Å²) in [5.74, 6) is 2.31. The molecule has 0 aliphatic carbocycles. The number of nitrogens with one attached hydrogen (secondary N) is 2. The van der Waals surface area contributed by atoms with Crippen molar-refractivity contribution in [3.63, 3.8) is 0 Å². The third-order valence-electron chi connectivity index (χ3n) is 4.12. The van der Waals surface area contributed by atoms with E-state index in [0.29, 0.717) is 13.2 Å². The molecular weight excluding hydrogens is 334 g/mol. The van der Waals surface area contributed by atoms with Gasteiger partial charge in [-0.2, -0.15) is 0 Å². The van der Waals surface area contributed by atoms with Crippen LogP contribution in [0.1, 0.15) is 25.1 Å². The van der Waals surface area contributed by atoms with Gasteiger partial charge in [0, 0.05) is 42.1 Å². The lowest BCUT2D eigenvalue weighted by Gasteiger charge is -2.25. The van der Waals surface area contributed by atoms with Gasteiger partial charge in [0.05, 0.1) is 13.2 Å². The lowest BCUT2D eigenvalue weighted by atomic mass is 9.91. The molecule has 0 saturated carbocycles. The molecule has 2 N–H and O–H groups in total. The second-order valence-electron chi connectivity index (χ2n) is 6.62. The highest BCUT2D eigenvalue weighted by molar-refractivity contribution is 7.10. The molecule has 1 aromatic carbocycles. The maximum Gasteiger partial charge on any atom is 0.195 e. The Morgan fingerprint density at radius 3 is 2.72 bits per heavy atom. The minimum Gasteiger partial charge on any atom is -0.490 e. The van der Waals surface area contributed by atoms with Gasteiger partial charge in [-0.25, -0.2) is 0 Å². The van der Waals surface area contributed by atoms with E-state index in [2.05, 4.69) is 47.0 Å². The van der Waals surface area contributed by atoms with E-state index in [-0.39, 0.29) is 5.41 Å². The molecule has 0 spiro atoms. The zero-order valence-electron chi connectivity index (χ0n) is 15.0. The highest BCUT2D eigenvalue weighted by Gasteiger charge is 2.22. The highest BCUT2D eigenvalue weighted by atomic mass is 32.1. The van der Waals surface area contributed by atoms with Crippen molar-refractivity contribution in [1.29, 1.82) is 0 Å². The van der Waals surface area contributed by atoms with Crippen molar-refractivity contribution in [3.05, 3.63) is 40.6 Å². The Balaban J connectivity index is 1.64. The van der Waals surface area contributed by atoms with Crippen LogP contribution in [0.3, 0.4) is 0 Å². The average molecular weight is 359 g/mol. The number of fused-ring (bicyclic) bond motifs is 1. The monoisotopic (exact) mass is 359 g/mol. The van der Waals surface area contributed by atoms with Crippen molar-refractivity contribution in [2.24, 2.45) is 4.99 Å². The van der Waals surface area contributed by atoms with E-state index in [1.165, 1.54) is 4.88 Å². The molecule has 0 unspecified atom stereocenters. The van der Waals surface area contributed by atoms with E-state index in [1.807, 2.05) is 18.2 Å². The first-order valence-corrected chi connectivity index (χ1v) is 9.38. The van der Waals surface area contributed by atoms with Gasteiger partial charge < -0.3 is 20.1 Å². The molecule has 1 aliphatic rings. The summed E-state index contributed by atoms with van der Waals surface area (Å²) >= 11 is 1.78. The molecule has 1 aromatic heterocycles. The van der Waals surface area contributed by atoms with Crippen molar-refractivity contribution in [3.8, 4) is 11.5 Å². The third-order valence-corrected chi connectivity index (χ3v) is 5.36. The van der Waals surface area contributed by atoms with E-state index in [1.54, 1.807) is 18.4 Å². The van der Waals surface area contributed by atoms with Crippen LogP contribution in [0.2, 0.25) is 0 Å². The summed E-state index contributed by atoms with van der Waals surface area (Å²) in [5, 5.41) is 8.85. The molecule has 1 aliphatic heterocycles. The van der Waals surface area contributed by atoms with Crippen LogP contribution in [-0.4, -0.2) is 32.8 Å². The summed E-state index contributed by atoms with van der Waals surface area (Å²) in [7, 11) is 1.77. The maximum atomic E-state index is 5.74. The minimum absolute atomic E-state index is 0.0382. The predicted octanol–water partition coefficient (Wildman–Crippen LogP) is 3.87. The number of hydrogen-bond donors (Lipinski definition) is 2. The Bertz CT molecular complexity index is 726. The number of anilines is 1. The van der Waals surface area contributed by atoms with Crippen molar-refractivity contribution in [2.75, 3.05) is 32.1 Å². The summed E-state index contributed by atoms with van der Waals surface area (Å²) < 4.78 is 11.4. The van der Waals surface area contributed by atoms with Crippen molar-refractivity contribution < 1.29 is 9.47 Å². The molecule has 2 heterocycles. The fourth-order valence-corrected chi connectivity index (χ4v) is 3.46. The molecule has 0 saturated heterocycles. The topological polar surface area (TPSA) is 54.9 Å². The van der Waals surface area contributed by atoms with Crippen molar-refractivity contribution in [1.82, 2.24) is 5.32 Å². The molecule has 0 atom stereocenters. The third kappa shape index (κ3) is 4.45. The van der Waals surface area contributed by atoms with Crippen LogP contribution < -0.4 is 20.1 Å². The summed E-state index contributed by atoms with van der Waals surface area (Å²) in [6.07, 6.45) is 0.901. The van der Waals surface area contributed by atoms with Gasteiger partial charge >= 0.3 is 0 Å². The van der Waals surface area contributed by atoms with E-state index in [0.717, 1.165) is 36.1 Å². The summed E-state index contributed by atoms with van der Waals surface area (Å²) in [6, 6.07) is 10.1. The number of aliphatic imine (C=N–C) groups is 1. The molecule has 2 aromatic rings. The Labute approximate surface area is 153 Å². The summed E-state index contributed by atoms with van der Waals surface area (Å²) in [4.78, 5) is 5.68. The van der Waals surface area contributed by atoms with Crippen LogP contribution in [0.5, 0.6) is 11.5 Å². The normalized spacial score (nSPS) is 14.8. The van der Waals surface area contributed by atoms with Gasteiger partial charge in [0.2, 0.25) is 0 Å². The van der Waals surface area contributed by atoms with Crippen molar-refractivity contribution in [2.45, 2.75) is 25.7 Å². The lowest BCUT2D eigenvalue weighted by Crippen LogP contribution is -2.39. The van der Waals surface area contributed by atoms with Gasteiger partial charge in [0.1, 0.15) is 0 Å². The van der Waals surface area contributed by atoms with Gasteiger partial charge in [0.25, 0.3) is 0 Å². The average Bonchev–Trinajstić information content (AvgIpc) is 3.06. The van der Waals surface area contributed by atoms with Gasteiger partial charge in [-0.3, -0.25) is 4.99 Å². The van der Waals surface area contributed by atoms with E-state index in [9.17, 15) is 0 Å². The number of ether oxygens (including phenoxy) is 2. The molecule has 0 radical (unpaired) electrons. The molecule has 0 amide bonds. The van der Waals surface area contributed by atoms with E-state index in [4.69, 9.17) is 9.47 Å². The zero-order valence-corrected chi connectivity index (χ0v) is 15.8. The van der Waals surface area contributed by atoms with Gasteiger partial charge in [-0.05, 0) is 23.6 Å². The largest absolute Gasteiger partial charge is 0.490 e. The first-order valence-electron chi connectivity index (χ1n) is 8.50. The van der Waals surface area contributed by atoms with Crippen LogP contribution in [0.15, 0.2) is 40.7 Å². The Morgan fingerprint density at radius 2 is 2.00 bits per heavy atom. The van der Waals surface area contributed by atoms with Gasteiger partial charge in [0.15, 0.2) is 17.5 Å². The van der Waals surface area contributed by atoms with E-state index < -0.39 is 0 Å². The van der Waals surface area contributed by atoms with E-state index >= 15 is 0 Å². The smallest absolute Gasteiger partial charge is 0.195 e. The SMILES string of the molecule is CN=C(NCC(C)(C)c1cccs1)Nc1ccc2c(c1)OCCCO2. The number of hydrogen-bond acceptors (Lipinski definition) is 4. The van der Waals surface area contributed by atoms with Crippen LogP contribution >= 0.6 is 11.3 Å². The molecule has 0 fully saturated rings. The number of guanidine groups is 1. The number of nitrogens with zero attached hydrogens (tertiary/aromatic N) is 1. The van der Waals surface area contributed by atoms with Crippen LogP contribution in [0.25, 0.3) is 0 Å². The number of rotatable bonds is 4. The van der Waals surface area contributed by atoms with Crippen molar-refractivity contribution >= 4 is 23.0 Å². The van der Waals surface area contributed by atoms with Crippen LogP contribution in [0.4, 0.5) is 5.69 Å². The van der Waals surface area contributed by atoms with Crippen LogP contribution in [0, 0.1) is 0 Å². The minimum atomic E-state index is 0.0382. The molecular formula is C19H25N3O2S. The second-order valence-corrected chi connectivity index (χ2v) is 7.57. The first-order chi connectivity index (χ1) is 12.1.